The SMILES string of the molecule is Cc1cccc(NC(=O)COc2ccc(N3C[C@H](C(=O)O)CC3=O)cc2)c1C. The van der Waals surface area contributed by atoms with Gasteiger partial charge in [-0.05, 0) is 55.3 Å². The zero-order valence-electron chi connectivity index (χ0n) is 15.8. The van der Waals surface area contributed by atoms with E-state index in [4.69, 9.17) is 9.84 Å². The summed E-state index contributed by atoms with van der Waals surface area (Å²) in [5.74, 6) is -1.64. The van der Waals surface area contributed by atoms with Crippen LogP contribution < -0.4 is 15.0 Å². The van der Waals surface area contributed by atoms with Crippen molar-refractivity contribution < 1.29 is 24.2 Å². The molecule has 3 rings (SSSR count). The second kappa shape index (κ2) is 8.12. The summed E-state index contributed by atoms with van der Waals surface area (Å²) in [7, 11) is 0. The van der Waals surface area contributed by atoms with Crippen LogP contribution in [0, 0.1) is 19.8 Å². The number of carboxylic acids is 1. The Bertz CT molecular complexity index is 908. The molecule has 1 atom stereocenters. The summed E-state index contributed by atoms with van der Waals surface area (Å²) in [6.07, 6.45) is 0.00608. The number of aliphatic carboxylic acids is 1. The molecule has 7 heteroatoms. The third-order valence-electron chi connectivity index (χ3n) is 4.87. The number of aryl methyl sites for hydroxylation is 1. The fraction of sp³-hybridized carbons (Fsp3) is 0.286. The molecule has 146 valence electrons. The average molecular weight is 382 g/mol. The van der Waals surface area contributed by atoms with E-state index in [1.54, 1.807) is 24.3 Å². The van der Waals surface area contributed by atoms with Gasteiger partial charge in [0, 0.05) is 24.3 Å². The number of hydrogen-bond donors (Lipinski definition) is 2. The van der Waals surface area contributed by atoms with E-state index in [1.165, 1.54) is 4.90 Å². The van der Waals surface area contributed by atoms with Crippen LogP contribution in [0.1, 0.15) is 17.5 Å². The minimum atomic E-state index is -0.967. The van der Waals surface area contributed by atoms with Crippen molar-refractivity contribution in [1.29, 1.82) is 0 Å². The van der Waals surface area contributed by atoms with Crippen molar-refractivity contribution >= 4 is 29.2 Å². The number of benzene rings is 2. The fourth-order valence-electron chi connectivity index (χ4n) is 3.07. The van der Waals surface area contributed by atoms with E-state index in [9.17, 15) is 14.4 Å². The Kier molecular flexibility index (Phi) is 5.63. The van der Waals surface area contributed by atoms with Gasteiger partial charge in [0.2, 0.25) is 5.91 Å². The lowest BCUT2D eigenvalue weighted by Gasteiger charge is -2.16. The number of carbonyl (C=O) groups excluding carboxylic acids is 2. The normalized spacial score (nSPS) is 16.1. The first-order valence-electron chi connectivity index (χ1n) is 8.97. The van der Waals surface area contributed by atoms with Crippen LogP contribution in [0.25, 0.3) is 0 Å². The first kappa shape index (κ1) is 19.4. The summed E-state index contributed by atoms with van der Waals surface area (Å²) < 4.78 is 5.50. The highest BCUT2D eigenvalue weighted by Crippen LogP contribution is 2.27. The van der Waals surface area contributed by atoms with Crippen LogP contribution in [-0.4, -0.2) is 36.0 Å². The van der Waals surface area contributed by atoms with E-state index in [0.29, 0.717) is 11.4 Å². The number of anilines is 2. The molecule has 2 N–H and O–H groups in total. The number of rotatable bonds is 6. The van der Waals surface area contributed by atoms with E-state index in [0.717, 1.165) is 16.8 Å². The molecule has 2 aromatic rings. The van der Waals surface area contributed by atoms with Crippen molar-refractivity contribution in [2.75, 3.05) is 23.4 Å². The number of carbonyl (C=O) groups is 3. The van der Waals surface area contributed by atoms with Crippen LogP contribution >= 0.6 is 0 Å². The van der Waals surface area contributed by atoms with Gasteiger partial charge in [0.1, 0.15) is 5.75 Å². The average Bonchev–Trinajstić information content (AvgIpc) is 3.06. The smallest absolute Gasteiger partial charge is 0.308 e. The molecule has 7 nitrogen and oxygen atoms in total. The van der Waals surface area contributed by atoms with Crippen molar-refractivity contribution in [2.45, 2.75) is 20.3 Å². The zero-order chi connectivity index (χ0) is 20.3. The summed E-state index contributed by atoms with van der Waals surface area (Å²) in [5, 5.41) is 11.9. The van der Waals surface area contributed by atoms with Crippen molar-refractivity contribution in [1.82, 2.24) is 0 Å². The van der Waals surface area contributed by atoms with Crippen LogP contribution in [0.5, 0.6) is 5.75 Å². The highest BCUT2D eigenvalue weighted by atomic mass is 16.5. The van der Waals surface area contributed by atoms with Crippen LogP contribution in [-0.2, 0) is 14.4 Å². The van der Waals surface area contributed by atoms with E-state index in [1.807, 2.05) is 32.0 Å². The predicted molar refractivity (Wildman–Crippen MR) is 105 cm³/mol. The van der Waals surface area contributed by atoms with Gasteiger partial charge >= 0.3 is 5.97 Å². The molecule has 1 heterocycles. The Morgan fingerprint density at radius 2 is 1.89 bits per heavy atom. The Morgan fingerprint density at radius 1 is 1.18 bits per heavy atom. The molecule has 2 amide bonds. The van der Waals surface area contributed by atoms with Gasteiger partial charge in [-0.25, -0.2) is 0 Å². The lowest BCUT2D eigenvalue weighted by Crippen LogP contribution is -2.25. The number of amides is 2. The summed E-state index contributed by atoms with van der Waals surface area (Å²) in [6, 6.07) is 12.4. The van der Waals surface area contributed by atoms with Crippen LogP contribution in [0.4, 0.5) is 11.4 Å². The van der Waals surface area contributed by atoms with E-state index in [-0.39, 0.29) is 31.4 Å². The maximum atomic E-state index is 12.1. The van der Waals surface area contributed by atoms with Gasteiger partial charge in [-0.1, -0.05) is 12.1 Å². The third-order valence-corrected chi connectivity index (χ3v) is 4.87. The van der Waals surface area contributed by atoms with E-state index < -0.39 is 11.9 Å². The number of nitrogens with zero attached hydrogens (tertiary/aromatic N) is 1. The molecule has 0 bridgehead atoms. The molecular weight excluding hydrogens is 360 g/mol. The topological polar surface area (TPSA) is 95.9 Å². The van der Waals surface area contributed by atoms with E-state index in [2.05, 4.69) is 5.32 Å². The number of ether oxygens (including phenoxy) is 1. The molecule has 1 aliphatic rings. The highest BCUT2D eigenvalue weighted by Gasteiger charge is 2.34. The van der Waals surface area contributed by atoms with Gasteiger partial charge in [-0.2, -0.15) is 0 Å². The van der Waals surface area contributed by atoms with Gasteiger partial charge in [-0.15, -0.1) is 0 Å². The third kappa shape index (κ3) is 4.31. The van der Waals surface area contributed by atoms with Crippen molar-refractivity contribution in [3.63, 3.8) is 0 Å². The standard InChI is InChI=1S/C21H22N2O5/c1-13-4-3-5-18(14(13)2)22-19(24)12-28-17-8-6-16(7-9-17)23-11-15(21(26)27)10-20(23)25/h3-9,15H,10-12H2,1-2H3,(H,22,24)(H,26,27)/t15-/m1/s1. The molecule has 0 spiro atoms. The van der Waals surface area contributed by atoms with Gasteiger partial charge in [0.05, 0.1) is 5.92 Å². The molecule has 0 radical (unpaired) electrons. The molecule has 2 aromatic carbocycles. The van der Waals surface area contributed by atoms with Crippen molar-refractivity contribution in [2.24, 2.45) is 5.92 Å². The number of nitrogens with one attached hydrogen (secondary N) is 1. The molecule has 28 heavy (non-hydrogen) atoms. The van der Waals surface area contributed by atoms with Crippen LogP contribution in [0.2, 0.25) is 0 Å². The second-order valence-corrected chi connectivity index (χ2v) is 6.82. The maximum Gasteiger partial charge on any atom is 0.308 e. The van der Waals surface area contributed by atoms with E-state index >= 15 is 0 Å². The number of hydrogen-bond acceptors (Lipinski definition) is 4. The molecule has 0 saturated carbocycles. The molecule has 1 fully saturated rings. The molecule has 1 saturated heterocycles. The highest BCUT2D eigenvalue weighted by molar-refractivity contribution is 5.99. The maximum absolute atomic E-state index is 12.1. The summed E-state index contributed by atoms with van der Waals surface area (Å²) in [6.45, 7) is 3.94. The van der Waals surface area contributed by atoms with Gasteiger partial charge in [0.25, 0.3) is 5.91 Å². The molecule has 1 aliphatic heterocycles. The predicted octanol–water partition coefficient (Wildman–Crippen LogP) is 2.76. The minimum absolute atomic E-state index is 0.00608. The quantitative estimate of drug-likeness (QED) is 0.801. The largest absolute Gasteiger partial charge is 0.484 e. The van der Waals surface area contributed by atoms with Gasteiger partial charge < -0.3 is 20.1 Å². The van der Waals surface area contributed by atoms with Crippen LogP contribution in [0.15, 0.2) is 42.5 Å². The van der Waals surface area contributed by atoms with Crippen molar-refractivity contribution in [3.8, 4) is 5.75 Å². The van der Waals surface area contributed by atoms with Gasteiger partial charge in [-0.3, -0.25) is 14.4 Å². The minimum Gasteiger partial charge on any atom is -0.484 e. The summed E-state index contributed by atoms with van der Waals surface area (Å²) >= 11 is 0. The first-order valence-corrected chi connectivity index (χ1v) is 8.97. The lowest BCUT2D eigenvalue weighted by molar-refractivity contribution is -0.141. The molecule has 0 aromatic heterocycles. The Balaban J connectivity index is 1.56. The lowest BCUT2D eigenvalue weighted by atomic mass is 10.1. The Labute approximate surface area is 162 Å². The summed E-state index contributed by atoms with van der Waals surface area (Å²) in [4.78, 5) is 36.6. The first-order chi connectivity index (χ1) is 13.3. The van der Waals surface area contributed by atoms with Crippen molar-refractivity contribution in [3.05, 3.63) is 53.6 Å². The van der Waals surface area contributed by atoms with Crippen LogP contribution in [0.3, 0.4) is 0 Å². The second-order valence-electron chi connectivity index (χ2n) is 6.82. The summed E-state index contributed by atoms with van der Waals surface area (Å²) in [5.41, 5.74) is 3.47. The number of carboxylic acid groups (broad SMARTS) is 1. The monoisotopic (exact) mass is 382 g/mol. The van der Waals surface area contributed by atoms with Gasteiger partial charge in [0.15, 0.2) is 6.61 Å². The molecule has 0 aliphatic carbocycles. The Morgan fingerprint density at radius 3 is 2.54 bits per heavy atom. The fourth-order valence-corrected chi connectivity index (χ4v) is 3.07. The molecular formula is C21H22N2O5. The Hall–Kier alpha value is -3.35. The molecule has 0 unspecified atom stereocenters. The zero-order valence-corrected chi connectivity index (χ0v) is 15.8.